The molecule has 0 bridgehead atoms. The van der Waals surface area contributed by atoms with Crippen molar-refractivity contribution in [3.63, 3.8) is 0 Å². The van der Waals surface area contributed by atoms with E-state index in [1.54, 1.807) is 0 Å². The first-order valence-electron chi connectivity index (χ1n) is 18.5. The van der Waals surface area contributed by atoms with E-state index in [4.69, 9.17) is 9.47 Å². The van der Waals surface area contributed by atoms with Gasteiger partial charge in [-0.25, -0.2) is 0 Å². The first kappa shape index (κ1) is 42.1. The number of hydrogen-bond donors (Lipinski definition) is 1. The van der Waals surface area contributed by atoms with Crippen molar-refractivity contribution in [2.75, 3.05) is 13.2 Å². The standard InChI is InChI=1S/C39H70O5/c1-3-5-7-9-11-13-15-17-18-19-20-22-23-25-27-29-31-33-38(41)43-36-37(35-40)44-39(42)34-32-30-28-26-24-21-16-14-12-10-8-6-4-2/h11,13-14,16-18,37,40H,3-10,12,15,19-36H2,1-2H3/b13-11-,16-14-,18-17-/t37-/m0/s1. The highest BCUT2D eigenvalue weighted by Crippen LogP contribution is 2.12. The lowest BCUT2D eigenvalue weighted by molar-refractivity contribution is -0.161. The molecule has 0 aromatic rings. The van der Waals surface area contributed by atoms with E-state index in [0.717, 1.165) is 57.8 Å². The van der Waals surface area contributed by atoms with Crippen LogP contribution >= 0.6 is 0 Å². The smallest absolute Gasteiger partial charge is 0.306 e. The maximum absolute atomic E-state index is 12.1. The van der Waals surface area contributed by atoms with Crippen LogP contribution in [0.15, 0.2) is 36.5 Å². The van der Waals surface area contributed by atoms with Gasteiger partial charge in [-0.15, -0.1) is 0 Å². The molecule has 0 aliphatic carbocycles. The Hall–Kier alpha value is -1.88. The van der Waals surface area contributed by atoms with Crippen LogP contribution in [0.5, 0.6) is 0 Å². The van der Waals surface area contributed by atoms with E-state index >= 15 is 0 Å². The monoisotopic (exact) mass is 619 g/mol. The number of carbonyl (C=O) groups excluding carboxylic acids is 2. The molecular formula is C39H70O5. The Morgan fingerprint density at radius 2 is 0.909 bits per heavy atom. The molecule has 256 valence electrons. The maximum Gasteiger partial charge on any atom is 0.306 e. The number of hydrogen-bond acceptors (Lipinski definition) is 5. The molecule has 0 saturated carbocycles. The fourth-order valence-electron chi connectivity index (χ4n) is 5.05. The van der Waals surface area contributed by atoms with E-state index in [-0.39, 0.29) is 25.2 Å². The Balaban J connectivity index is 3.59. The Bertz CT molecular complexity index is 711. The number of aliphatic hydroxyl groups excluding tert-OH is 1. The van der Waals surface area contributed by atoms with Crippen molar-refractivity contribution in [2.45, 2.75) is 187 Å². The van der Waals surface area contributed by atoms with E-state index in [0.29, 0.717) is 12.8 Å². The molecule has 0 amide bonds. The fraction of sp³-hybridized carbons (Fsp3) is 0.795. The fourth-order valence-corrected chi connectivity index (χ4v) is 5.05. The van der Waals surface area contributed by atoms with Gasteiger partial charge < -0.3 is 14.6 Å². The summed E-state index contributed by atoms with van der Waals surface area (Å²) in [5.41, 5.74) is 0. The summed E-state index contributed by atoms with van der Waals surface area (Å²) in [5, 5.41) is 9.52. The maximum atomic E-state index is 12.1. The number of ether oxygens (including phenoxy) is 2. The zero-order chi connectivity index (χ0) is 32.2. The van der Waals surface area contributed by atoms with Gasteiger partial charge in [0.15, 0.2) is 6.10 Å². The van der Waals surface area contributed by atoms with Crippen molar-refractivity contribution >= 4 is 11.9 Å². The SMILES string of the molecule is CCCCC/C=C\C/C=C\CCCCCCCCCC(=O)OC[C@H](CO)OC(=O)CCCCCCC/C=C\CCCCCC. The normalized spacial score (nSPS) is 12.5. The van der Waals surface area contributed by atoms with E-state index in [1.165, 1.54) is 96.3 Å². The quantitative estimate of drug-likeness (QED) is 0.0450. The second-order valence-electron chi connectivity index (χ2n) is 12.3. The Morgan fingerprint density at radius 1 is 0.523 bits per heavy atom. The van der Waals surface area contributed by atoms with Crippen LogP contribution in [0.4, 0.5) is 0 Å². The lowest BCUT2D eigenvalue weighted by atomic mass is 10.1. The molecule has 0 rings (SSSR count). The molecule has 1 N–H and O–H groups in total. The van der Waals surface area contributed by atoms with Gasteiger partial charge in [0.25, 0.3) is 0 Å². The number of esters is 2. The lowest BCUT2D eigenvalue weighted by Crippen LogP contribution is -2.28. The van der Waals surface area contributed by atoms with Gasteiger partial charge in [0.05, 0.1) is 6.61 Å². The zero-order valence-electron chi connectivity index (χ0n) is 28.9. The van der Waals surface area contributed by atoms with Gasteiger partial charge in [-0.1, -0.05) is 134 Å². The lowest BCUT2D eigenvalue weighted by Gasteiger charge is -2.15. The number of allylic oxidation sites excluding steroid dienone is 6. The van der Waals surface area contributed by atoms with Gasteiger partial charge in [-0.2, -0.15) is 0 Å². The topological polar surface area (TPSA) is 72.8 Å². The molecule has 0 aromatic heterocycles. The summed E-state index contributed by atoms with van der Waals surface area (Å²) in [7, 11) is 0. The van der Waals surface area contributed by atoms with Crippen LogP contribution < -0.4 is 0 Å². The Morgan fingerprint density at radius 3 is 1.41 bits per heavy atom. The highest BCUT2D eigenvalue weighted by Gasteiger charge is 2.16. The van der Waals surface area contributed by atoms with Crippen LogP contribution in [0.3, 0.4) is 0 Å². The molecule has 5 nitrogen and oxygen atoms in total. The van der Waals surface area contributed by atoms with E-state index in [2.05, 4.69) is 50.3 Å². The minimum absolute atomic E-state index is 0.0725. The summed E-state index contributed by atoms with van der Waals surface area (Å²) >= 11 is 0. The molecule has 5 heteroatoms. The molecule has 0 radical (unpaired) electrons. The molecule has 0 heterocycles. The first-order valence-corrected chi connectivity index (χ1v) is 18.5. The van der Waals surface area contributed by atoms with E-state index < -0.39 is 6.10 Å². The summed E-state index contributed by atoms with van der Waals surface area (Å²) in [6.45, 7) is 4.07. The van der Waals surface area contributed by atoms with Gasteiger partial charge in [-0.05, 0) is 70.6 Å². The van der Waals surface area contributed by atoms with E-state index in [9.17, 15) is 14.7 Å². The minimum Gasteiger partial charge on any atom is -0.462 e. The van der Waals surface area contributed by atoms with Crippen LogP contribution in [0.2, 0.25) is 0 Å². The van der Waals surface area contributed by atoms with Crippen molar-refractivity contribution in [1.29, 1.82) is 0 Å². The molecule has 1 atom stereocenters. The molecule has 0 aliphatic rings. The number of rotatable bonds is 33. The number of unbranched alkanes of at least 4 members (excludes halogenated alkanes) is 19. The third-order valence-corrected chi connectivity index (χ3v) is 7.91. The predicted molar refractivity (Wildman–Crippen MR) is 187 cm³/mol. The summed E-state index contributed by atoms with van der Waals surface area (Å²) in [6, 6.07) is 0. The Labute approximate surface area is 272 Å². The van der Waals surface area contributed by atoms with Crippen molar-refractivity contribution in [3.8, 4) is 0 Å². The van der Waals surface area contributed by atoms with Gasteiger partial charge in [0.2, 0.25) is 0 Å². The molecular weight excluding hydrogens is 548 g/mol. The van der Waals surface area contributed by atoms with Crippen molar-refractivity contribution < 1.29 is 24.2 Å². The second kappa shape index (κ2) is 35.6. The molecule has 0 aliphatic heterocycles. The van der Waals surface area contributed by atoms with Gasteiger partial charge in [-0.3, -0.25) is 9.59 Å². The summed E-state index contributed by atoms with van der Waals surface area (Å²) in [4.78, 5) is 24.2. The van der Waals surface area contributed by atoms with Crippen LogP contribution in [0.25, 0.3) is 0 Å². The molecule has 44 heavy (non-hydrogen) atoms. The van der Waals surface area contributed by atoms with Crippen LogP contribution in [0.1, 0.15) is 181 Å². The third kappa shape index (κ3) is 33.0. The molecule has 0 aromatic carbocycles. The number of carbonyl (C=O) groups is 2. The second-order valence-corrected chi connectivity index (χ2v) is 12.3. The molecule has 0 fully saturated rings. The first-order chi connectivity index (χ1) is 21.6. The average molecular weight is 619 g/mol. The van der Waals surface area contributed by atoms with Crippen LogP contribution in [-0.4, -0.2) is 36.4 Å². The summed E-state index contributed by atoms with van der Waals surface area (Å²) < 4.78 is 10.6. The highest BCUT2D eigenvalue weighted by atomic mass is 16.6. The Kier molecular flexibility index (Phi) is 34.1. The van der Waals surface area contributed by atoms with Crippen LogP contribution in [-0.2, 0) is 19.1 Å². The minimum atomic E-state index is -0.776. The van der Waals surface area contributed by atoms with Gasteiger partial charge in [0.1, 0.15) is 6.61 Å². The van der Waals surface area contributed by atoms with Crippen LogP contribution in [0, 0.1) is 0 Å². The zero-order valence-corrected chi connectivity index (χ0v) is 28.9. The van der Waals surface area contributed by atoms with Gasteiger partial charge >= 0.3 is 11.9 Å². The van der Waals surface area contributed by atoms with E-state index in [1.807, 2.05) is 0 Å². The number of aliphatic hydroxyl groups is 1. The largest absolute Gasteiger partial charge is 0.462 e. The predicted octanol–water partition coefficient (Wildman–Crippen LogP) is 11.3. The highest BCUT2D eigenvalue weighted by molar-refractivity contribution is 5.70. The average Bonchev–Trinajstić information content (AvgIpc) is 3.02. The van der Waals surface area contributed by atoms with Gasteiger partial charge in [0, 0.05) is 12.8 Å². The summed E-state index contributed by atoms with van der Waals surface area (Å²) in [6.07, 6.45) is 41.9. The molecule has 0 spiro atoms. The van der Waals surface area contributed by atoms with Crippen molar-refractivity contribution in [2.24, 2.45) is 0 Å². The summed E-state index contributed by atoms with van der Waals surface area (Å²) in [5.74, 6) is -0.610. The van der Waals surface area contributed by atoms with Crippen molar-refractivity contribution in [3.05, 3.63) is 36.5 Å². The molecule has 0 saturated heterocycles. The molecule has 0 unspecified atom stereocenters. The third-order valence-electron chi connectivity index (χ3n) is 7.91. The van der Waals surface area contributed by atoms with Crippen molar-refractivity contribution in [1.82, 2.24) is 0 Å².